The van der Waals surface area contributed by atoms with Gasteiger partial charge in [-0.05, 0) is 0 Å². The van der Waals surface area contributed by atoms with Crippen LogP contribution in [0.25, 0.3) is 0 Å². The molecule has 1 atom stereocenters. The lowest BCUT2D eigenvalue weighted by atomic mass is 10.2. The summed E-state index contributed by atoms with van der Waals surface area (Å²) in [5.41, 5.74) is 0. The summed E-state index contributed by atoms with van der Waals surface area (Å²) in [7, 11) is 3.78. The molecule has 6 heteroatoms. The molecule has 1 aliphatic heterocycles. The van der Waals surface area contributed by atoms with Crippen LogP contribution in [0.15, 0.2) is 12.4 Å². The minimum absolute atomic E-state index is 0.179. The summed E-state index contributed by atoms with van der Waals surface area (Å²) in [5.74, 6) is 3.27. The smallest absolute Gasteiger partial charge is 0.224 e. The number of imidazole rings is 1. The zero-order valence-corrected chi connectivity index (χ0v) is 11.7. The van der Waals surface area contributed by atoms with Gasteiger partial charge in [-0.3, -0.25) is 4.79 Å². The third kappa shape index (κ3) is 3.49. The Labute approximate surface area is 112 Å². The summed E-state index contributed by atoms with van der Waals surface area (Å²) in [6, 6.07) is 0.320. The summed E-state index contributed by atoms with van der Waals surface area (Å²) < 4.78 is 1.94. The molecule has 0 aliphatic carbocycles. The van der Waals surface area contributed by atoms with Crippen molar-refractivity contribution in [2.75, 3.05) is 25.1 Å². The molecule has 0 radical (unpaired) electrons. The Morgan fingerprint density at radius 3 is 3.17 bits per heavy atom. The van der Waals surface area contributed by atoms with E-state index in [0.29, 0.717) is 19.0 Å². The van der Waals surface area contributed by atoms with Crippen LogP contribution in [0.3, 0.4) is 0 Å². The molecule has 1 aromatic heterocycles. The highest BCUT2D eigenvalue weighted by Crippen LogP contribution is 2.11. The molecule has 1 fully saturated rings. The number of carbonyl (C=O) groups is 1. The molecule has 1 unspecified atom stereocenters. The van der Waals surface area contributed by atoms with Gasteiger partial charge in [0.15, 0.2) is 0 Å². The second-order valence-electron chi connectivity index (χ2n) is 4.63. The molecule has 0 spiro atoms. The zero-order chi connectivity index (χ0) is 13.0. The van der Waals surface area contributed by atoms with Gasteiger partial charge in [0.1, 0.15) is 5.82 Å². The van der Waals surface area contributed by atoms with Crippen molar-refractivity contribution in [2.24, 2.45) is 7.05 Å². The van der Waals surface area contributed by atoms with Crippen LogP contribution >= 0.6 is 11.8 Å². The molecule has 0 aromatic carbocycles. The van der Waals surface area contributed by atoms with E-state index >= 15 is 0 Å². The van der Waals surface area contributed by atoms with E-state index in [0.717, 1.165) is 23.9 Å². The third-order valence-corrected chi connectivity index (χ3v) is 4.28. The Morgan fingerprint density at radius 1 is 1.72 bits per heavy atom. The molecule has 1 N–H and O–H groups in total. The fourth-order valence-electron chi connectivity index (χ4n) is 1.97. The van der Waals surface area contributed by atoms with Gasteiger partial charge in [0, 0.05) is 57.0 Å². The van der Waals surface area contributed by atoms with Crippen molar-refractivity contribution in [3.8, 4) is 0 Å². The molecular formula is C12H20N4OS. The first-order valence-electron chi connectivity index (χ1n) is 6.18. The number of rotatable bonds is 4. The van der Waals surface area contributed by atoms with Crippen molar-refractivity contribution in [3.63, 3.8) is 0 Å². The Balaban J connectivity index is 1.83. The zero-order valence-electron chi connectivity index (χ0n) is 10.9. The number of aromatic nitrogens is 2. The van der Waals surface area contributed by atoms with Crippen molar-refractivity contribution >= 4 is 17.7 Å². The van der Waals surface area contributed by atoms with Crippen molar-refractivity contribution < 1.29 is 4.79 Å². The average molecular weight is 268 g/mol. The van der Waals surface area contributed by atoms with Crippen LogP contribution in [0, 0.1) is 0 Å². The topological polar surface area (TPSA) is 50.2 Å². The van der Waals surface area contributed by atoms with Gasteiger partial charge in [-0.25, -0.2) is 4.98 Å². The van der Waals surface area contributed by atoms with Crippen LogP contribution < -0.4 is 5.32 Å². The van der Waals surface area contributed by atoms with Crippen LogP contribution in [0.4, 0.5) is 0 Å². The fourth-order valence-corrected chi connectivity index (χ4v) is 2.92. The summed E-state index contributed by atoms with van der Waals surface area (Å²) in [6.45, 7) is 1.58. The van der Waals surface area contributed by atoms with Gasteiger partial charge >= 0.3 is 0 Å². The van der Waals surface area contributed by atoms with Gasteiger partial charge in [0.05, 0.1) is 6.54 Å². The Hall–Kier alpha value is -1.01. The first kappa shape index (κ1) is 13.4. The molecule has 2 rings (SSSR count). The SMILES string of the molecule is CN(Cc1nccn1C)C(=O)CC1CSCCN1. The minimum Gasteiger partial charge on any atom is -0.338 e. The largest absolute Gasteiger partial charge is 0.338 e. The van der Waals surface area contributed by atoms with Gasteiger partial charge in [-0.2, -0.15) is 11.8 Å². The van der Waals surface area contributed by atoms with Gasteiger partial charge in [-0.1, -0.05) is 0 Å². The van der Waals surface area contributed by atoms with E-state index in [9.17, 15) is 4.79 Å². The van der Waals surface area contributed by atoms with E-state index in [2.05, 4.69) is 10.3 Å². The molecule has 18 heavy (non-hydrogen) atoms. The average Bonchev–Trinajstić information content (AvgIpc) is 2.76. The van der Waals surface area contributed by atoms with E-state index in [1.807, 2.05) is 36.6 Å². The van der Waals surface area contributed by atoms with Gasteiger partial charge < -0.3 is 14.8 Å². The van der Waals surface area contributed by atoms with E-state index in [-0.39, 0.29) is 5.91 Å². The Kier molecular flexibility index (Phi) is 4.66. The molecule has 100 valence electrons. The summed E-state index contributed by atoms with van der Waals surface area (Å²) in [4.78, 5) is 18.1. The first-order chi connectivity index (χ1) is 8.66. The number of amides is 1. The maximum atomic E-state index is 12.1. The molecule has 1 saturated heterocycles. The second kappa shape index (κ2) is 6.24. The highest BCUT2D eigenvalue weighted by Gasteiger charge is 2.19. The predicted molar refractivity (Wildman–Crippen MR) is 73.4 cm³/mol. The molecule has 5 nitrogen and oxygen atoms in total. The minimum atomic E-state index is 0.179. The van der Waals surface area contributed by atoms with E-state index in [4.69, 9.17) is 0 Å². The number of carbonyl (C=O) groups excluding carboxylic acids is 1. The van der Waals surface area contributed by atoms with Crippen LogP contribution in [-0.4, -0.2) is 51.5 Å². The van der Waals surface area contributed by atoms with Crippen molar-refractivity contribution in [1.29, 1.82) is 0 Å². The Bertz CT molecular complexity index is 401. The molecule has 0 saturated carbocycles. The number of thioether (sulfide) groups is 1. The quantitative estimate of drug-likeness (QED) is 0.862. The molecule has 0 bridgehead atoms. The highest BCUT2D eigenvalue weighted by atomic mass is 32.2. The number of aryl methyl sites for hydroxylation is 1. The third-order valence-electron chi connectivity index (χ3n) is 3.14. The summed E-state index contributed by atoms with van der Waals surface area (Å²) in [5, 5.41) is 3.39. The van der Waals surface area contributed by atoms with E-state index < -0.39 is 0 Å². The number of nitrogens with one attached hydrogen (secondary N) is 1. The number of nitrogens with zero attached hydrogens (tertiary/aromatic N) is 3. The van der Waals surface area contributed by atoms with Crippen molar-refractivity contribution in [2.45, 2.75) is 19.0 Å². The van der Waals surface area contributed by atoms with Gasteiger partial charge in [0.2, 0.25) is 5.91 Å². The molecular weight excluding hydrogens is 248 g/mol. The lowest BCUT2D eigenvalue weighted by Crippen LogP contribution is -2.41. The monoisotopic (exact) mass is 268 g/mol. The van der Waals surface area contributed by atoms with E-state index in [1.54, 1.807) is 11.1 Å². The number of hydrogen-bond acceptors (Lipinski definition) is 4. The molecule has 1 amide bonds. The standard InChI is InChI=1S/C12H20N4OS/c1-15-5-3-14-11(15)8-16(2)12(17)7-10-9-18-6-4-13-10/h3,5,10,13H,4,6-9H2,1-2H3. The van der Waals surface area contributed by atoms with Crippen molar-refractivity contribution in [1.82, 2.24) is 19.8 Å². The van der Waals surface area contributed by atoms with E-state index in [1.165, 1.54) is 0 Å². The van der Waals surface area contributed by atoms with Gasteiger partial charge in [-0.15, -0.1) is 0 Å². The van der Waals surface area contributed by atoms with Gasteiger partial charge in [0.25, 0.3) is 0 Å². The first-order valence-corrected chi connectivity index (χ1v) is 7.33. The highest BCUT2D eigenvalue weighted by molar-refractivity contribution is 7.99. The van der Waals surface area contributed by atoms with Crippen LogP contribution in [-0.2, 0) is 18.4 Å². The fraction of sp³-hybridized carbons (Fsp3) is 0.667. The maximum Gasteiger partial charge on any atom is 0.224 e. The molecule has 1 aliphatic rings. The maximum absolute atomic E-state index is 12.1. The molecule has 2 heterocycles. The van der Waals surface area contributed by atoms with Crippen LogP contribution in [0.5, 0.6) is 0 Å². The molecule has 1 aromatic rings. The van der Waals surface area contributed by atoms with Crippen LogP contribution in [0.2, 0.25) is 0 Å². The van der Waals surface area contributed by atoms with Crippen molar-refractivity contribution in [3.05, 3.63) is 18.2 Å². The summed E-state index contributed by atoms with van der Waals surface area (Å²) in [6.07, 6.45) is 4.23. The lowest BCUT2D eigenvalue weighted by molar-refractivity contribution is -0.130. The predicted octanol–water partition coefficient (Wildman–Crippen LogP) is 0.474. The lowest BCUT2D eigenvalue weighted by Gasteiger charge is -2.25. The second-order valence-corrected chi connectivity index (χ2v) is 5.78. The Morgan fingerprint density at radius 2 is 2.56 bits per heavy atom. The van der Waals surface area contributed by atoms with Crippen LogP contribution in [0.1, 0.15) is 12.2 Å². The number of hydrogen-bond donors (Lipinski definition) is 1. The normalized spacial score (nSPS) is 19.8. The summed E-state index contributed by atoms with van der Waals surface area (Å²) >= 11 is 1.91.